The minimum absolute atomic E-state index is 0.0959. The molecule has 0 radical (unpaired) electrons. The first-order valence-electron chi connectivity index (χ1n) is 5.67. The minimum Gasteiger partial charge on any atom is -0.479 e. The maximum atomic E-state index is 11.0. The summed E-state index contributed by atoms with van der Waals surface area (Å²) in [5, 5.41) is 9.09. The second-order valence-electron chi connectivity index (χ2n) is 5.83. The predicted molar refractivity (Wildman–Crippen MR) is 64.1 cm³/mol. The first-order chi connectivity index (χ1) is 7.15. The van der Waals surface area contributed by atoms with Crippen molar-refractivity contribution in [3.8, 4) is 0 Å². The number of hydrogen-bond acceptors (Lipinski definition) is 3. The van der Waals surface area contributed by atoms with Crippen LogP contribution in [0.25, 0.3) is 0 Å². The number of aliphatic carboxylic acids is 1. The molecule has 1 N–H and O–H groups in total. The molecule has 0 spiro atoms. The average Bonchev–Trinajstić information content (AvgIpc) is 2.49. The van der Waals surface area contributed by atoms with Gasteiger partial charge in [0.25, 0.3) is 0 Å². The summed E-state index contributed by atoms with van der Waals surface area (Å²) < 4.78 is 11.3. The summed E-state index contributed by atoms with van der Waals surface area (Å²) in [5.74, 6) is -0.916. The normalized spacial score (nSPS) is 27.1. The molecule has 1 rings (SSSR count). The van der Waals surface area contributed by atoms with Crippen molar-refractivity contribution >= 4 is 14.3 Å². The Morgan fingerprint density at radius 3 is 2.44 bits per heavy atom. The maximum Gasteiger partial charge on any atom is 0.335 e. The van der Waals surface area contributed by atoms with Crippen molar-refractivity contribution in [2.24, 2.45) is 0 Å². The van der Waals surface area contributed by atoms with E-state index in [1.54, 1.807) is 0 Å². The van der Waals surface area contributed by atoms with E-state index in [2.05, 4.69) is 33.9 Å². The lowest BCUT2D eigenvalue weighted by Crippen LogP contribution is -2.47. The topological polar surface area (TPSA) is 55.8 Å². The van der Waals surface area contributed by atoms with Crippen LogP contribution in [0, 0.1) is 0 Å². The Morgan fingerprint density at radius 2 is 2.00 bits per heavy atom. The second kappa shape index (κ2) is 4.47. The molecule has 5 heteroatoms. The van der Waals surface area contributed by atoms with Crippen molar-refractivity contribution in [3.63, 3.8) is 0 Å². The molecule has 1 aliphatic rings. The first-order valence-corrected chi connectivity index (χ1v) is 8.58. The number of carboxylic acids is 1. The molecule has 0 aromatic heterocycles. The molecule has 0 amide bonds. The van der Waals surface area contributed by atoms with Crippen LogP contribution >= 0.6 is 0 Å². The number of carbonyl (C=O) groups is 1. The molecule has 4 nitrogen and oxygen atoms in total. The number of carboxylic acid groups (broad SMARTS) is 1. The molecule has 16 heavy (non-hydrogen) atoms. The highest BCUT2D eigenvalue weighted by molar-refractivity contribution is 6.74. The van der Waals surface area contributed by atoms with Gasteiger partial charge < -0.3 is 14.3 Å². The van der Waals surface area contributed by atoms with Crippen LogP contribution in [0.5, 0.6) is 0 Å². The van der Waals surface area contributed by atoms with Crippen LogP contribution in [0.3, 0.4) is 0 Å². The van der Waals surface area contributed by atoms with Crippen LogP contribution < -0.4 is 0 Å². The fourth-order valence-electron chi connectivity index (χ4n) is 1.48. The summed E-state index contributed by atoms with van der Waals surface area (Å²) in [6.07, 6.45) is -0.378. The van der Waals surface area contributed by atoms with Crippen molar-refractivity contribution in [1.29, 1.82) is 0 Å². The van der Waals surface area contributed by atoms with Crippen LogP contribution in [0.1, 0.15) is 27.2 Å². The third-order valence-electron chi connectivity index (χ3n) is 3.53. The van der Waals surface area contributed by atoms with Gasteiger partial charge in [0.1, 0.15) is 0 Å². The number of rotatable bonds is 3. The summed E-state index contributed by atoms with van der Waals surface area (Å²) in [4.78, 5) is 11.0. The zero-order chi connectivity index (χ0) is 12.6. The Labute approximate surface area is 98.1 Å². The molecule has 1 aliphatic heterocycles. The SMILES string of the molecule is CC(C)(C)[Si](C)(C)OC1CCO[C@@H]1C(=O)O. The highest BCUT2D eigenvalue weighted by atomic mass is 28.4. The summed E-state index contributed by atoms with van der Waals surface area (Å²) >= 11 is 0. The molecule has 0 aromatic carbocycles. The predicted octanol–water partition coefficient (Wildman–Crippen LogP) is 2.25. The summed E-state index contributed by atoms with van der Waals surface area (Å²) in [5.41, 5.74) is 0. The van der Waals surface area contributed by atoms with Gasteiger partial charge in [-0.3, -0.25) is 0 Å². The Morgan fingerprint density at radius 1 is 1.44 bits per heavy atom. The highest BCUT2D eigenvalue weighted by Gasteiger charge is 2.44. The quantitative estimate of drug-likeness (QED) is 0.776. The van der Waals surface area contributed by atoms with Gasteiger partial charge in [-0.25, -0.2) is 4.79 Å². The van der Waals surface area contributed by atoms with Gasteiger partial charge in [0.2, 0.25) is 0 Å². The zero-order valence-corrected chi connectivity index (χ0v) is 11.7. The molecule has 0 aromatic rings. The van der Waals surface area contributed by atoms with E-state index in [1.165, 1.54) is 0 Å². The van der Waals surface area contributed by atoms with Crippen molar-refractivity contribution in [2.45, 2.75) is 57.5 Å². The average molecular weight is 246 g/mol. The number of ether oxygens (including phenoxy) is 1. The first kappa shape index (κ1) is 13.7. The molecule has 0 bridgehead atoms. The van der Waals surface area contributed by atoms with E-state index in [0.717, 1.165) is 0 Å². The molecule has 2 atom stereocenters. The molecular formula is C11H22O4Si. The molecule has 1 unspecified atom stereocenters. The Balaban J connectivity index is 2.70. The molecular weight excluding hydrogens is 224 g/mol. The highest BCUT2D eigenvalue weighted by Crippen LogP contribution is 2.38. The van der Waals surface area contributed by atoms with Crippen LogP contribution in [0.2, 0.25) is 18.1 Å². The van der Waals surface area contributed by atoms with Gasteiger partial charge in [-0.05, 0) is 24.6 Å². The Kier molecular flexibility index (Phi) is 3.82. The Hall–Kier alpha value is -0.393. The van der Waals surface area contributed by atoms with Gasteiger partial charge in [-0.2, -0.15) is 0 Å². The summed E-state index contributed by atoms with van der Waals surface area (Å²) in [7, 11) is -1.90. The molecule has 0 aliphatic carbocycles. The van der Waals surface area contributed by atoms with Gasteiger partial charge in [0, 0.05) is 0 Å². The molecule has 0 saturated carbocycles. The lowest BCUT2D eigenvalue weighted by atomic mass is 10.2. The third-order valence-corrected chi connectivity index (χ3v) is 8.04. The number of hydrogen-bond donors (Lipinski definition) is 1. The van der Waals surface area contributed by atoms with E-state index >= 15 is 0 Å². The molecule has 1 saturated heterocycles. The standard InChI is InChI=1S/C11H22O4Si/c1-11(2,3)16(4,5)15-8-6-7-14-9(8)10(12)13/h8-9H,6-7H2,1-5H3,(H,12,13)/t8?,9-/m0/s1. The largest absolute Gasteiger partial charge is 0.479 e. The van der Waals surface area contributed by atoms with E-state index in [-0.39, 0.29) is 11.1 Å². The van der Waals surface area contributed by atoms with Crippen LogP contribution in [0.4, 0.5) is 0 Å². The summed E-state index contributed by atoms with van der Waals surface area (Å²) in [6.45, 7) is 11.2. The lowest BCUT2D eigenvalue weighted by molar-refractivity contribution is -0.150. The Bertz CT molecular complexity index is 270. The monoisotopic (exact) mass is 246 g/mol. The van der Waals surface area contributed by atoms with Crippen molar-refractivity contribution in [2.75, 3.05) is 6.61 Å². The van der Waals surface area contributed by atoms with Gasteiger partial charge >= 0.3 is 5.97 Å². The van der Waals surface area contributed by atoms with Gasteiger partial charge in [0.15, 0.2) is 14.4 Å². The van der Waals surface area contributed by atoms with E-state index in [9.17, 15) is 4.79 Å². The molecule has 1 fully saturated rings. The smallest absolute Gasteiger partial charge is 0.335 e. The fourth-order valence-corrected chi connectivity index (χ4v) is 2.83. The maximum absolute atomic E-state index is 11.0. The van der Waals surface area contributed by atoms with E-state index in [0.29, 0.717) is 13.0 Å². The lowest BCUT2D eigenvalue weighted by Gasteiger charge is -2.38. The minimum atomic E-state index is -1.90. The fraction of sp³-hybridized carbons (Fsp3) is 0.909. The molecule has 94 valence electrons. The second-order valence-corrected chi connectivity index (χ2v) is 10.6. The van der Waals surface area contributed by atoms with E-state index < -0.39 is 20.4 Å². The van der Waals surface area contributed by atoms with Crippen molar-refractivity contribution in [3.05, 3.63) is 0 Å². The van der Waals surface area contributed by atoms with Crippen molar-refractivity contribution in [1.82, 2.24) is 0 Å². The van der Waals surface area contributed by atoms with Crippen molar-refractivity contribution < 1.29 is 19.1 Å². The summed E-state index contributed by atoms with van der Waals surface area (Å²) in [6, 6.07) is 0. The van der Waals surface area contributed by atoms with E-state index in [4.69, 9.17) is 14.3 Å². The van der Waals surface area contributed by atoms with Crippen LogP contribution in [-0.4, -0.2) is 38.2 Å². The van der Waals surface area contributed by atoms with Gasteiger partial charge in [0.05, 0.1) is 12.7 Å². The van der Waals surface area contributed by atoms with Gasteiger partial charge in [-0.1, -0.05) is 20.8 Å². The van der Waals surface area contributed by atoms with Crippen LogP contribution in [-0.2, 0) is 14.0 Å². The zero-order valence-electron chi connectivity index (χ0n) is 10.7. The van der Waals surface area contributed by atoms with E-state index in [1.807, 2.05) is 0 Å². The van der Waals surface area contributed by atoms with Crippen LogP contribution in [0.15, 0.2) is 0 Å². The molecule has 1 heterocycles. The van der Waals surface area contributed by atoms with Gasteiger partial charge in [-0.15, -0.1) is 0 Å². The third kappa shape index (κ3) is 2.84.